The smallest absolute Gasteiger partial charge is 0.0772 e. The third kappa shape index (κ3) is 3.53. The summed E-state index contributed by atoms with van der Waals surface area (Å²) in [7, 11) is 1.82. The molecule has 0 aromatic heterocycles. The summed E-state index contributed by atoms with van der Waals surface area (Å²) in [6.07, 6.45) is 2.48. The number of piperidine rings is 1. The van der Waals surface area contributed by atoms with Crippen molar-refractivity contribution in [1.82, 2.24) is 0 Å². The third-order valence-corrected chi connectivity index (χ3v) is 4.35. The van der Waals surface area contributed by atoms with Crippen molar-refractivity contribution in [2.45, 2.75) is 45.8 Å². The molecule has 1 aromatic rings. The van der Waals surface area contributed by atoms with E-state index in [1.807, 2.05) is 7.11 Å². The first kappa shape index (κ1) is 15.3. The summed E-state index contributed by atoms with van der Waals surface area (Å²) in [5.74, 6) is 0.647. The molecule has 3 unspecified atom stereocenters. The fourth-order valence-corrected chi connectivity index (χ4v) is 3.13. The molecule has 3 atom stereocenters. The van der Waals surface area contributed by atoms with Gasteiger partial charge < -0.3 is 15.4 Å². The Kier molecular flexibility index (Phi) is 5.06. The number of nitrogens with zero attached hydrogens (tertiary/aromatic N) is 1. The van der Waals surface area contributed by atoms with Gasteiger partial charge in [0, 0.05) is 31.9 Å². The molecule has 0 radical (unpaired) electrons. The highest BCUT2D eigenvalue weighted by Gasteiger charge is 2.26. The van der Waals surface area contributed by atoms with E-state index in [-0.39, 0.29) is 6.04 Å². The molecule has 1 saturated heterocycles. The summed E-state index contributed by atoms with van der Waals surface area (Å²) in [6.45, 7) is 8.64. The fraction of sp³-hybridized carbons (Fsp3) is 0.647. The zero-order valence-electron chi connectivity index (χ0n) is 13.2. The van der Waals surface area contributed by atoms with E-state index in [2.05, 4.69) is 43.9 Å². The molecule has 2 rings (SSSR count). The molecule has 1 heterocycles. The standard InChI is InChI=1S/C17H28N2O/c1-12-7-8-19(11-17(12)20-4)16-6-5-15(9-13(16)2)10-14(3)18/h5-6,9,12,14,17H,7-8,10-11,18H2,1-4H3. The lowest BCUT2D eigenvalue weighted by Gasteiger charge is -2.38. The van der Waals surface area contributed by atoms with Crippen LogP contribution in [0.15, 0.2) is 18.2 Å². The number of benzene rings is 1. The van der Waals surface area contributed by atoms with Gasteiger partial charge in [-0.05, 0) is 49.8 Å². The maximum atomic E-state index is 5.88. The lowest BCUT2D eigenvalue weighted by molar-refractivity contribution is 0.0498. The van der Waals surface area contributed by atoms with Crippen LogP contribution in [0, 0.1) is 12.8 Å². The quantitative estimate of drug-likeness (QED) is 0.919. The lowest BCUT2D eigenvalue weighted by atomic mass is 9.94. The average molecular weight is 276 g/mol. The van der Waals surface area contributed by atoms with Gasteiger partial charge in [0.1, 0.15) is 0 Å². The Hall–Kier alpha value is -1.06. The molecule has 3 heteroatoms. The van der Waals surface area contributed by atoms with Gasteiger partial charge in [-0.25, -0.2) is 0 Å². The highest BCUT2D eigenvalue weighted by molar-refractivity contribution is 5.55. The van der Waals surface area contributed by atoms with Crippen LogP contribution < -0.4 is 10.6 Å². The van der Waals surface area contributed by atoms with Crippen molar-refractivity contribution in [2.75, 3.05) is 25.1 Å². The number of hydrogen-bond acceptors (Lipinski definition) is 3. The summed E-state index contributed by atoms with van der Waals surface area (Å²) in [5, 5.41) is 0. The SMILES string of the molecule is COC1CN(c2ccc(CC(C)N)cc2C)CCC1C. The first-order valence-corrected chi connectivity index (χ1v) is 7.64. The number of nitrogens with two attached hydrogens (primary N) is 1. The number of aryl methyl sites for hydroxylation is 1. The summed E-state index contributed by atoms with van der Waals surface area (Å²) in [6, 6.07) is 6.95. The maximum absolute atomic E-state index is 5.88. The zero-order valence-corrected chi connectivity index (χ0v) is 13.2. The number of methoxy groups -OCH3 is 1. The van der Waals surface area contributed by atoms with E-state index in [4.69, 9.17) is 10.5 Å². The number of rotatable bonds is 4. The minimum absolute atomic E-state index is 0.217. The highest BCUT2D eigenvalue weighted by Crippen LogP contribution is 2.28. The Morgan fingerprint density at radius 1 is 1.45 bits per heavy atom. The van der Waals surface area contributed by atoms with E-state index in [1.54, 1.807) is 0 Å². The Morgan fingerprint density at radius 3 is 2.80 bits per heavy atom. The van der Waals surface area contributed by atoms with Crippen LogP contribution in [0.3, 0.4) is 0 Å². The molecule has 0 amide bonds. The molecule has 0 spiro atoms. The molecule has 3 nitrogen and oxygen atoms in total. The number of anilines is 1. The zero-order chi connectivity index (χ0) is 14.7. The van der Waals surface area contributed by atoms with Crippen molar-refractivity contribution in [1.29, 1.82) is 0 Å². The summed E-state index contributed by atoms with van der Waals surface area (Å²) in [5.41, 5.74) is 9.89. The molecule has 1 aliphatic heterocycles. The molecule has 0 bridgehead atoms. The van der Waals surface area contributed by atoms with Crippen LogP contribution in [0.2, 0.25) is 0 Å². The Labute approximate surface area is 123 Å². The van der Waals surface area contributed by atoms with Crippen molar-refractivity contribution in [3.8, 4) is 0 Å². The number of hydrogen-bond donors (Lipinski definition) is 1. The molecule has 1 aliphatic rings. The van der Waals surface area contributed by atoms with Gasteiger partial charge in [0.15, 0.2) is 0 Å². The van der Waals surface area contributed by atoms with E-state index in [0.29, 0.717) is 12.0 Å². The maximum Gasteiger partial charge on any atom is 0.0772 e. The third-order valence-electron chi connectivity index (χ3n) is 4.35. The fourth-order valence-electron chi connectivity index (χ4n) is 3.13. The van der Waals surface area contributed by atoms with Gasteiger partial charge in [0.25, 0.3) is 0 Å². The first-order chi connectivity index (χ1) is 9.51. The van der Waals surface area contributed by atoms with Gasteiger partial charge in [-0.15, -0.1) is 0 Å². The largest absolute Gasteiger partial charge is 0.379 e. The summed E-state index contributed by atoms with van der Waals surface area (Å²) in [4.78, 5) is 2.46. The van der Waals surface area contributed by atoms with Crippen LogP contribution in [0.25, 0.3) is 0 Å². The second-order valence-corrected chi connectivity index (χ2v) is 6.29. The normalized spacial score (nSPS) is 24.8. The molecule has 1 aromatic carbocycles. The van der Waals surface area contributed by atoms with E-state index < -0.39 is 0 Å². The van der Waals surface area contributed by atoms with E-state index in [0.717, 1.165) is 19.5 Å². The van der Waals surface area contributed by atoms with Crippen molar-refractivity contribution in [3.05, 3.63) is 29.3 Å². The molecule has 20 heavy (non-hydrogen) atoms. The van der Waals surface area contributed by atoms with Crippen LogP contribution in [-0.2, 0) is 11.2 Å². The van der Waals surface area contributed by atoms with Crippen LogP contribution in [0.4, 0.5) is 5.69 Å². The molecular formula is C17H28N2O. The van der Waals surface area contributed by atoms with Gasteiger partial charge in [-0.1, -0.05) is 19.1 Å². The predicted octanol–water partition coefficient (Wildman–Crippen LogP) is 2.75. The van der Waals surface area contributed by atoms with E-state index in [1.165, 1.54) is 23.2 Å². The second kappa shape index (κ2) is 6.59. The second-order valence-electron chi connectivity index (χ2n) is 6.29. The van der Waals surface area contributed by atoms with E-state index in [9.17, 15) is 0 Å². The molecule has 2 N–H and O–H groups in total. The predicted molar refractivity (Wildman–Crippen MR) is 85.3 cm³/mol. The Morgan fingerprint density at radius 2 is 2.20 bits per heavy atom. The van der Waals surface area contributed by atoms with Gasteiger partial charge in [-0.2, -0.15) is 0 Å². The van der Waals surface area contributed by atoms with Crippen molar-refractivity contribution >= 4 is 5.69 Å². The van der Waals surface area contributed by atoms with Gasteiger partial charge >= 0.3 is 0 Å². The van der Waals surface area contributed by atoms with Crippen molar-refractivity contribution in [2.24, 2.45) is 11.7 Å². The minimum atomic E-state index is 0.217. The molecule has 112 valence electrons. The van der Waals surface area contributed by atoms with Gasteiger partial charge in [0.2, 0.25) is 0 Å². The molecular weight excluding hydrogens is 248 g/mol. The Balaban J connectivity index is 2.12. The van der Waals surface area contributed by atoms with Crippen LogP contribution in [0.1, 0.15) is 31.4 Å². The van der Waals surface area contributed by atoms with Gasteiger partial charge in [-0.3, -0.25) is 0 Å². The number of ether oxygens (including phenoxy) is 1. The minimum Gasteiger partial charge on any atom is -0.379 e. The average Bonchev–Trinajstić information content (AvgIpc) is 2.39. The van der Waals surface area contributed by atoms with Crippen molar-refractivity contribution in [3.63, 3.8) is 0 Å². The molecule has 0 saturated carbocycles. The molecule has 0 aliphatic carbocycles. The monoisotopic (exact) mass is 276 g/mol. The van der Waals surface area contributed by atoms with Crippen LogP contribution >= 0.6 is 0 Å². The van der Waals surface area contributed by atoms with E-state index >= 15 is 0 Å². The Bertz CT molecular complexity index is 445. The lowest BCUT2D eigenvalue weighted by Crippen LogP contribution is -2.44. The first-order valence-electron chi connectivity index (χ1n) is 7.64. The van der Waals surface area contributed by atoms with Crippen LogP contribution in [0.5, 0.6) is 0 Å². The van der Waals surface area contributed by atoms with Crippen molar-refractivity contribution < 1.29 is 4.74 Å². The topological polar surface area (TPSA) is 38.5 Å². The van der Waals surface area contributed by atoms with Crippen LogP contribution in [-0.4, -0.2) is 32.3 Å². The summed E-state index contributed by atoms with van der Waals surface area (Å²) < 4.78 is 5.61. The van der Waals surface area contributed by atoms with Gasteiger partial charge in [0.05, 0.1) is 6.10 Å². The molecule has 1 fully saturated rings. The highest BCUT2D eigenvalue weighted by atomic mass is 16.5. The summed E-state index contributed by atoms with van der Waals surface area (Å²) >= 11 is 0.